The molecule has 0 unspecified atom stereocenters. The van der Waals surface area contributed by atoms with Crippen molar-refractivity contribution in [1.29, 1.82) is 0 Å². The lowest BCUT2D eigenvalue weighted by atomic mass is 10.1. The molecule has 15 nitrogen and oxygen atoms in total. The van der Waals surface area contributed by atoms with Gasteiger partial charge in [-0.1, -0.05) is 12.1 Å². The van der Waals surface area contributed by atoms with Gasteiger partial charge >= 0.3 is 11.9 Å². The van der Waals surface area contributed by atoms with Gasteiger partial charge in [-0.15, -0.1) is 0 Å². The van der Waals surface area contributed by atoms with E-state index in [-0.39, 0.29) is 46.7 Å². The Morgan fingerprint density at radius 3 is 1.40 bits per heavy atom. The van der Waals surface area contributed by atoms with Crippen LogP contribution in [0.1, 0.15) is 32.1 Å². The molecule has 0 aliphatic carbocycles. The van der Waals surface area contributed by atoms with Crippen LogP contribution in [0.3, 0.4) is 0 Å². The zero-order valence-electron chi connectivity index (χ0n) is 23.0. The highest BCUT2D eigenvalue weighted by Crippen LogP contribution is 2.35. The average molecular weight is 594 g/mol. The number of aliphatic carboxylic acids is 2. The van der Waals surface area contributed by atoms with Gasteiger partial charge in [0.05, 0.1) is 46.3 Å². The molecule has 2 aromatic heterocycles. The minimum Gasteiger partial charge on any atom is -0.481 e. The second kappa shape index (κ2) is 12.0. The second-order valence-electron chi connectivity index (χ2n) is 9.40. The van der Waals surface area contributed by atoms with Gasteiger partial charge in [-0.3, -0.25) is 24.5 Å². The quantitative estimate of drug-likeness (QED) is 0.101. The first-order valence-corrected chi connectivity index (χ1v) is 12.7. The molecule has 0 saturated heterocycles. The van der Waals surface area contributed by atoms with Gasteiger partial charge in [0.15, 0.2) is 13.2 Å². The fraction of sp³-hybridized carbons (Fsp3) is 0.214. The van der Waals surface area contributed by atoms with E-state index < -0.39 is 48.5 Å². The highest BCUT2D eigenvalue weighted by Gasteiger charge is 2.28. The Bertz CT molecular complexity index is 1700. The number of nitrogens with two attached hydrogens (primary N) is 2. The molecular weight excluding hydrogens is 566 g/mol. The fourth-order valence-corrected chi connectivity index (χ4v) is 4.99. The van der Waals surface area contributed by atoms with E-state index in [1.165, 1.54) is 12.1 Å². The predicted molar refractivity (Wildman–Crippen MR) is 150 cm³/mol. The number of amides is 2. The maximum absolute atomic E-state index is 12.8. The van der Waals surface area contributed by atoms with Crippen molar-refractivity contribution in [2.75, 3.05) is 13.2 Å². The molecule has 0 aliphatic rings. The summed E-state index contributed by atoms with van der Waals surface area (Å²) in [6.07, 6.45) is 0. The Morgan fingerprint density at radius 1 is 0.698 bits per heavy atom. The molecule has 7 N–H and O–H groups in total. The molecule has 0 atom stereocenters. The lowest BCUT2D eigenvalue weighted by Crippen LogP contribution is -2.26. The van der Waals surface area contributed by atoms with Gasteiger partial charge in [-0.2, -0.15) is 0 Å². The van der Waals surface area contributed by atoms with Crippen LogP contribution in [-0.4, -0.2) is 67.9 Å². The lowest BCUT2D eigenvalue weighted by Gasteiger charge is -2.14. The van der Waals surface area contributed by atoms with Crippen molar-refractivity contribution in [3.63, 3.8) is 0 Å². The molecule has 4 aromatic rings. The number of carbonyl (C=O) groups is 6. The Hall–Kier alpha value is -5.70. The van der Waals surface area contributed by atoms with E-state index in [4.69, 9.17) is 31.2 Å². The molecule has 0 spiro atoms. The van der Waals surface area contributed by atoms with Crippen LogP contribution in [0.25, 0.3) is 21.8 Å². The molecule has 2 aromatic carbocycles. The molecule has 224 valence electrons. The first-order valence-electron chi connectivity index (χ1n) is 12.7. The van der Waals surface area contributed by atoms with Crippen molar-refractivity contribution in [3.8, 4) is 11.5 Å². The summed E-state index contributed by atoms with van der Waals surface area (Å²) in [6.45, 7) is 1.90. The summed E-state index contributed by atoms with van der Waals surface area (Å²) in [4.78, 5) is 71.6. The van der Waals surface area contributed by atoms with Crippen molar-refractivity contribution in [1.82, 2.24) is 14.5 Å². The number of hydrogen-bond donors (Lipinski definition) is 5. The normalized spacial score (nSPS) is 11.0. The summed E-state index contributed by atoms with van der Waals surface area (Å²) in [5, 5.41) is 21.7. The Morgan fingerprint density at radius 2 is 1.07 bits per heavy atom. The first-order chi connectivity index (χ1) is 20.3. The highest BCUT2D eigenvalue weighted by molar-refractivity contribution is 6.45. The maximum Gasteiger partial charge on any atom is 0.341 e. The zero-order chi connectivity index (χ0) is 31.6. The monoisotopic (exact) mass is 593 g/mol. The van der Waals surface area contributed by atoms with Crippen molar-refractivity contribution in [3.05, 3.63) is 58.9 Å². The van der Waals surface area contributed by atoms with Gasteiger partial charge in [-0.05, 0) is 38.1 Å². The molecule has 2 heterocycles. The molecule has 4 rings (SSSR count). The number of carboxylic acids is 2. The number of hydrogen-bond acceptors (Lipinski definition) is 9. The number of nitrogens with zero attached hydrogens (tertiary/aromatic N) is 2. The predicted octanol–water partition coefficient (Wildman–Crippen LogP) is 0.680. The van der Waals surface area contributed by atoms with Gasteiger partial charge in [0.2, 0.25) is 0 Å². The molecule has 0 bridgehead atoms. The number of benzene rings is 2. The lowest BCUT2D eigenvalue weighted by molar-refractivity contribution is -0.140. The number of aromatic nitrogens is 2. The Labute approximate surface area is 242 Å². The summed E-state index contributed by atoms with van der Waals surface area (Å²) in [5.74, 6) is -6.71. The number of carboxylic acid groups (broad SMARTS) is 2. The molecular formula is C28H27N5O10. The standard InChI is InChI=1S/C28H27N5O10/c1-13-21(25(38)27(29)40)23-15(5-3-7-17(23)42-9-19(34)35)32(13)11-31-12-33-14(2)22(26(39)28(30)41)24-16(33)6-4-8-18(24)43-10-20(36)37/h3-8,31H,9-12H2,1-2H3,(H2,29,40)(H2,30,41)(H,34,35)(H,36,37). The topological polar surface area (TPSA) is 235 Å². The first kappa shape index (κ1) is 30.3. The van der Waals surface area contributed by atoms with E-state index in [9.17, 15) is 28.8 Å². The van der Waals surface area contributed by atoms with Crippen LogP contribution in [0.15, 0.2) is 36.4 Å². The van der Waals surface area contributed by atoms with Gasteiger partial charge in [0, 0.05) is 11.4 Å². The SMILES string of the molecule is Cc1c(C(=O)C(N)=O)c2c(OCC(=O)O)cccc2n1CNCn1c(C)c(C(=O)C(N)=O)c2c(OCC(=O)O)cccc21. The van der Waals surface area contributed by atoms with E-state index in [2.05, 4.69) is 5.32 Å². The minimum atomic E-state index is -1.24. The van der Waals surface area contributed by atoms with Gasteiger partial charge in [0.1, 0.15) is 11.5 Å². The van der Waals surface area contributed by atoms with Crippen LogP contribution in [0, 0.1) is 13.8 Å². The fourth-order valence-electron chi connectivity index (χ4n) is 4.99. The zero-order valence-corrected chi connectivity index (χ0v) is 23.0. The number of fused-ring (bicyclic) bond motifs is 2. The van der Waals surface area contributed by atoms with Gasteiger partial charge in [-0.25, -0.2) is 9.59 Å². The van der Waals surface area contributed by atoms with Crippen LogP contribution in [-0.2, 0) is 32.5 Å². The third-order valence-corrected chi connectivity index (χ3v) is 6.77. The molecule has 0 saturated carbocycles. The van der Waals surface area contributed by atoms with E-state index in [1.54, 1.807) is 47.2 Å². The Balaban J connectivity index is 1.76. The Kier molecular flexibility index (Phi) is 8.47. The molecule has 2 amide bonds. The van der Waals surface area contributed by atoms with E-state index >= 15 is 0 Å². The smallest absolute Gasteiger partial charge is 0.341 e. The summed E-state index contributed by atoms with van der Waals surface area (Å²) in [7, 11) is 0. The second-order valence-corrected chi connectivity index (χ2v) is 9.40. The summed E-state index contributed by atoms with van der Waals surface area (Å²) >= 11 is 0. The van der Waals surface area contributed by atoms with Crippen molar-refractivity contribution in [2.45, 2.75) is 27.2 Å². The number of ketones is 2. The maximum atomic E-state index is 12.8. The number of primary amides is 2. The van der Waals surface area contributed by atoms with Crippen molar-refractivity contribution >= 4 is 57.1 Å². The van der Waals surface area contributed by atoms with E-state index in [0.29, 0.717) is 22.4 Å². The van der Waals surface area contributed by atoms with Gasteiger partial charge in [0.25, 0.3) is 23.4 Å². The van der Waals surface area contributed by atoms with Gasteiger partial charge < -0.3 is 40.3 Å². The summed E-state index contributed by atoms with van der Waals surface area (Å²) < 4.78 is 14.1. The number of rotatable bonds is 14. The average Bonchev–Trinajstić information content (AvgIpc) is 3.40. The van der Waals surface area contributed by atoms with Crippen LogP contribution in [0.5, 0.6) is 11.5 Å². The molecule has 0 radical (unpaired) electrons. The van der Waals surface area contributed by atoms with E-state index in [1.807, 2.05) is 0 Å². The molecule has 0 fully saturated rings. The highest BCUT2D eigenvalue weighted by atomic mass is 16.5. The number of nitrogens with one attached hydrogen (secondary N) is 1. The van der Waals surface area contributed by atoms with Crippen molar-refractivity contribution in [2.24, 2.45) is 11.5 Å². The third-order valence-electron chi connectivity index (χ3n) is 6.77. The number of carbonyl (C=O) groups excluding carboxylic acids is 4. The van der Waals surface area contributed by atoms with Crippen molar-refractivity contribution < 1.29 is 48.5 Å². The van der Waals surface area contributed by atoms with Crippen LogP contribution in [0.4, 0.5) is 0 Å². The summed E-state index contributed by atoms with van der Waals surface area (Å²) in [6, 6.07) is 9.44. The molecule has 15 heteroatoms. The largest absolute Gasteiger partial charge is 0.481 e. The minimum absolute atomic E-state index is 0.0394. The van der Waals surface area contributed by atoms with Crippen LogP contribution < -0.4 is 26.3 Å². The van der Waals surface area contributed by atoms with E-state index in [0.717, 1.165) is 0 Å². The molecule has 0 aliphatic heterocycles. The third kappa shape index (κ3) is 5.73. The van der Waals surface area contributed by atoms with Crippen LogP contribution in [0.2, 0.25) is 0 Å². The number of Topliss-reactive ketones (excluding diaryl/α,β-unsaturated/α-hetero) is 2. The summed E-state index contributed by atoms with van der Waals surface area (Å²) in [5.41, 5.74) is 12.1. The number of ether oxygens (including phenoxy) is 2. The van der Waals surface area contributed by atoms with Crippen LogP contribution >= 0.6 is 0 Å². The molecule has 43 heavy (non-hydrogen) atoms.